The molecule has 150 valence electrons. The largest absolute Gasteiger partial charge is 0.497 e. The van der Waals surface area contributed by atoms with E-state index in [0.717, 1.165) is 17.7 Å². The van der Waals surface area contributed by atoms with Crippen LogP contribution in [0.2, 0.25) is 0 Å². The first kappa shape index (κ1) is 20.1. The Morgan fingerprint density at radius 3 is 2.79 bits per heavy atom. The van der Waals surface area contributed by atoms with E-state index in [0.29, 0.717) is 23.1 Å². The summed E-state index contributed by atoms with van der Waals surface area (Å²) < 4.78 is 5.23. The van der Waals surface area contributed by atoms with Crippen molar-refractivity contribution in [2.24, 2.45) is 0 Å². The number of benzene rings is 1. The number of urea groups is 1. The van der Waals surface area contributed by atoms with Gasteiger partial charge in [-0.15, -0.1) is 10.2 Å². The van der Waals surface area contributed by atoms with Gasteiger partial charge in [-0.25, -0.2) is 4.79 Å². The molecule has 1 aliphatic heterocycles. The van der Waals surface area contributed by atoms with Gasteiger partial charge in [-0.3, -0.25) is 10.1 Å². The van der Waals surface area contributed by atoms with Crippen LogP contribution in [0.1, 0.15) is 33.6 Å². The zero-order valence-electron chi connectivity index (χ0n) is 16.5. The van der Waals surface area contributed by atoms with Crippen LogP contribution in [-0.4, -0.2) is 52.3 Å². The molecule has 2 aromatic rings. The monoisotopic (exact) mass is 403 g/mol. The number of aromatic nitrogens is 2. The van der Waals surface area contributed by atoms with Gasteiger partial charge < -0.3 is 15.0 Å². The molecule has 0 aliphatic carbocycles. The molecule has 2 heterocycles. The van der Waals surface area contributed by atoms with Crippen molar-refractivity contribution >= 4 is 28.4 Å². The average Bonchev–Trinajstić information content (AvgIpc) is 3.30. The summed E-state index contributed by atoms with van der Waals surface area (Å²) >= 11 is 1.28. The fourth-order valence-electron chi connectivity index (χ4n) is 3.01. The minimum absolute atomic E-state index is 0.223. The summed E-state index contributed by atoms with van der Waals surface area (Å²) in [5, 5.41) is 15.0. The predicted octanol–water partition coefficient (Wildman–Crippen LogP) is 3.12. The number of amides is 3. The van der Waals surface area contributed by atoms with Crippen molar-refractivity contribution in [3.8, 4) is 16.3 Å². The first-order valence-electron chi connectivity index (χ1n) is 9.14. The molecule has 3 amide bonds. The van der Waals surface area contributed by atoms with Crippen molar-refractivity contribution in [2.75, 3.05) is 19.0 Å². The summed E-state index contributed by atoms with van der Waals surface area (Å²) in [6.45, 7) is 6.30. The number of methoxy groups -OCH3 is 1. The van der Waals surface area contributed by atoms with Gasteiger partial charge in [-0.05, 0) is 45.7 Å². The fourth-order valence-corrected chi connectivity index (χ4v) is 3.75. The molecule has 0 spiro atoms. The molecule has 1 fully saturated rings. The van der Waals surface area contributed by atoms with Crippen molar-refractivity contribution in [1.82, 2.24) is 20.4 Å². The van der Waals surface area contributed by atoms with Gasteiger partial charge in [-0.1, -0.05) is 23.5 Å². The van der Waals surface area contributed by atoms with Crippen molar-refractivity contribution in [3.63, 3.8) is 0 Å². The molecule has 2 N–H and O–H groups in total. The van der Waals surface area contributed by atoms with Crippen LogP contribution in [0.3, 0.4) is 0 Å². The third kappa shape index (κ3) is 4.78. The molecule has 1 saturated heterocycles. The number of ether oxygens (including phenoxy) is 1. The number of nitrogens with one attached hydrogen (secondary N) is 2. The highest BCUT2D eigenvalue weighted by atomic mass is 32.1. The molecule has 0 bridgehead atoms. The van der Waals surface area contributed by atoms with Gasteiger partial charge in [0.15, 0.2) is 0 Å². The van der Waals surface area contributed by atoms with Crippen LogP contribution >= 0.6 is 11.3 Å². The third-order valence-electron chi connectivity index (χ3n) is 4.27. The normalized spacial score (nSPS) is 16.7. The smallest absolute Gasteiger partial charge is 0.318 e. The van der Waals surface area contributed by atoms with Crippen LogP contribution in [0.5, 0.6) is 5.75 Å². The molecule has 3 rings (SSSR count). The molecule has 1 aromatic carbocycles. The lowest BCUT2D eigenvalue weighted by molar-refractivity contribution is -0.119. The van der Waals surface area contributed by atoms with Gasteiger partial charge in [0.2, 0.25) is 11.0 Å². The number of anilines is 1. The van der Waals surface area contributed by atoms with Crippen molar-refractivity contribution in [1.29, 1.82) is 0 Å². The van der Waals surface area contributed by atoms with E-state index < -0.39 is 6.04 Å². The second kappa shape index (κ2) is 8.14. The number of hydrogen-bond acceptors (Lipinski definition) is 6. The minimum Gasteiger partial charge on any atom is -0.497 e. The standard InChI is InChI=1S/C19H25N5O3S/c1-19(2,3)21-18(26)24-10-6-9-14(24)15(25)20-17-23-22-16(28-17)12-7-5-8-13(11-12)27-4/h5,7-8,11,14H,6,9-10H2,1-4H3,(H,21,26)(H,20,23,25). The van der Waals surface area contributed by atoms with Crippen LogP contribution in [0, 0.1) is 0 Å². The molecular formula is C19H25N5O3S. The summed E-state index contributed by atoms with van der Waals surface area (Å²) in [5.74, 6) is 0.486. The topological polar surface area (TPSA) is 96.5 Å². The molecule has 0 saturated carbocycles. The van der Waals surface area contributed by atoms with Crippen LogP contribution in [0.4, 0.5) is 9.93 Å². The van der Waals surface area contributed by atoms with E-state index in [2.05, 4.69) is 20.8 Å². The first-order valence-corrected chi connectivity index (χ1v) is 9.96. The number of likely N-dealkylation sites (tertiary alicyclic amines) is 1. The van der Waals surface area contributed by atoms with Crippen LogP contribution in [-0.2, 0) is 4.79 Å². The van der Waals surface area contributed by atoms with Crippen molar-refractivity contribution in [3.05, 3.63) is 24.3 Å². The molecule has 28 heavy (non-hydrogen) atoms. The van der Waals surface area contributed by atoms with E-state index >= 15 is 0 Å². The molecule has 0 radical (unpaired) electrons. The minimum atomic E-state index is -0.508. The van der Waals surface area contributed by atoms with Gasteiger partial charge in [0.05, 0.1) is 7.11 Å². The van der Waals surface area contributed by atoms with E-state index in [9.17, 15) is 9.59 Å². The maximum absolute atomic E-state index is 12.7. The molecule has 1 unspecified atom stereocenters. The molecule has 1 aliphatic rings. The van der Waals surface area contributed by atoms with Crippen LogP contribution < -0.4 is 15.4 Å². The predicted molar refractivity (Wildman–Crippen MR) is 109 cm³/mol. The van der Waals surface area contributed by atoms with E-state index in [1.807, 2.05) is 45.0 Å². The zero-order chi connectivity index (χ0) is 20.3. The quantitative estimate of drug-likeness (QED) is 0.818. The third-order valence-corrected chi connectivity index (χ3v) is 5.16. The Hall–Kier alpha value is -2.68. The van der Waals surface area contributed by atoms with Crippen LogP contribution in [0.15, 0.2) is 24.3 Å². The molecule has 1 aromatic heterocycles. The van der Waals surface area contributed by atoms with E-state index in [1.54, 1.807) is 12.0 Å². The van der Waals surface area contributed by atoms with Gasteiger partial charge in [0.25, 0.3) is 0 Å². The average molecular weight is 404 g/mol. The lowest BCUT2D eigenvalue weighted by Gasteiger charge is -2.28. The van der Waals surface area contributed by atoms with Gasteiger partial charge in [-0.2, -0.15) is 0 Å². The Bertz CT molecular complexity index is 861. The second-order valence-corrected chi connectivity index (χ2v) is 8.64. The summed E-state index contributed by atoms with van der Waals surface area (Å²) in [7, 11) is 1.61. The van der Waals surface area contributed by atoms with E-state index in [-0.39, 0.29) is 17.5 Å². The molecule has 1 atom stereocenters. The van der Waals surface area contributed by atoms with Crippen molar-refractivity contribution < 1.29 is 14.3 Å². The summed E-state index contributed by atoms with van der Waals surface area (Å²) in [4.78, 5) is 26.8. The summed E-state index contributed by atoms with van der Waals surface area (Å²) in [5.41, 5.74) is 0.510. The number of hydrogen-bond donors (Lipinski definition) is 2. The first-order chi connectivity index (χ1) is 13.3. The van der Waals surface area contributed by atoms with Gasteiger partial charge in [0.1, 0.15) is 16.8 Å². The lowest BCUT2D eigenvalue weighted by Crippen LogP contribution is -2.52. The number of rotatable bonds is 4. The maximum Gasteiger partial charge on any atom is 0.318 e. The Morgan fingerprint density at radius 2 is 2.07 bits per heavy atom. The van der Waals surface area contributed by atoms with Gasteiger partial charge >= 0.3 is 6.03 Å². The molecular weight excluding hydrogens is 378 g/mol. The Labute approximate surface area is 168 Å². The zero-order valence-corrected chi connectivity index (χ0v) is 17.3. The second-order valence-electron chi connectivity index (χ2n) is 7.67. The Morgan fingerprint density at radius 1 is 1.29 bits per heavy atom. The van der Waals surface area contributed by atoms with Crippen LogP contribution in [0.25, 0.3) is 10.6 Å². The molecule has 9 heteroatoms. The number of carbonyl (C=O) groups excluding carboxylic acids is 2. The Balaban J connectivity index is 1.67. The lowest BCUT2D eigenvalue weighted by atomic mass is 10.1. The highest BCUT2D eigenvalue weighted by Crippen LogP contribution is 2.29. The van der Waals surface area contributed by atoms with E-state index in [4.69, 9.17) is 4.74 Å². The number of nitrogens with zero attached hydrogens (tertiary/aromatic N) is 3. The summed E-state index contributed by atoms with van der Waals surface area (Å²) in [6.07, 6.45) is 1.42. The molecule has 8 nitrogen and oxygen atoms in total. The SMILES string of the molecule is COc1cccc(-c2nnc(NC(=O)C3CCCN3C(=O)NC(C)(C)C)s2)c1. The highest BCUT2D eigenvalue weighted by Gasteiger charge is 2.35. The summed E-state index contributed by atoms with van der Waals surface area (Å²) in [6, 6.07) is 6.76. The van der Waals surface area contributed by atoms with Gasteiger partial charge in [0, 0.05) is 17.6 Å². The maximum atomic E-state index is 12.7. The number of carbonyl (C=O) groups is 2. The highest BCUT2D eigenvalue weighted by molar-refractivity contribution is 7.18. The van der Waals surface area contributed by atoms with Crippen molar-refractivity contribution in [2.45, 2.75) is 45.2 Å². The fraction of sp³-hybridized carbons (Fsp3) is 0.474. The van der Waals surface area contributed by atoms with E-state index in [1.165, 1.54) is 11.3 Å². The Kier molecular flexibility index (Phi) is 5.83.